The molecule has 3 aromatic rings. The zero-order valence-corrected chi connectivity index (χ0v) is 13.2. The Morgan fingerprint density at radius 1 is 1.28 bits per heavy atom. The van der Waals surface area contributed by atoms with Gasteiger partial charge in [0, 0.05) is 31.5 Å². The van der Waals surface area contributed by atoms with Gasteiger partial charge in [0.05, 0.1) is 17.4 Å². The first-order valence-corrected chi connectivity index (χ1v) is 7.26. The molecule has 7 nitrogen and oxygen atoms in total. The van der Waals surface area contributed by atoms with Crippen molar-refractivity contribution in [2.75, 3.05) is 10.6 Å². The van der Waals surface area contributed by atoms with Gasteiger partial charge in [-0.3, -0.25) is 4.68 Å². The van der Waals surface area contributed by atoms with Gasteiger partial charge < -0.3 is 10.6 Å². The van der Waals surface area contributed by atoms with Gasteiger partial charge in [0.25, 0.3) is 0 Å². The normalized spacial score (nSPS) is 10.3. The van der Waals surface area contributed by atoms with Gasteiger partial charge in [-0.25, -0.2) is 13.8 Å². The number of nitriles is 1. The van der Waals surface area contributed by atoms with E-state index in [2.05, 4.69) is 25.7 Å². The summed E-state index contributed by atoms with van der Waals surface area (Å²) in [4.78, 5) is 8.28. The van der Waals surface area contributed by atoms with Gasteiger partial charge in [-0.05, 0) is 18.2 Å². The second-order valence-electron chi connectivity index (χ2n) is 5.15. The molecule has 0 atom stereocenters. The Bertz CT molecular complexity index is 946. The summed E-state index contributed by atoms with van der Waals surface area (Å²) < 4.78 is 29.5. The molecule has 25 heavy (non-hydrogen) atoms. The SMILES string of the molecule is Cn1cc(Nc2nccc(NCc3c(F)ccc(C#N)c3F)n2)cn1. The summed E-state index contributed by atoms with van der Waals surface area (Å²) in [5, 5.41) is 18.6. The minimum absolute atomic E-state index is 0.156. The Kier molecular flexibility index (Phi) is 4.52. The number of anilines is 3. The van der Waals surface area contributed by atoms with Crippen molar-refractivity contribution in [1.82, 2.24) is 19.7 Å². The highest BCUT2D eigenvalue weighted by molar-refractivity contribution is 5.52. The van der Waals surface area contributed by atoms with E-state index in [1.165, 1.54) is 6.20 Å². The highest BCUT2D eigenvalue weighted by atomic mass is 19.1. The fraction of sp³-hybridized carbons (Fsp3) is 0.125. The second kappa shape index (κ2) is 6.92. The topological polar surface area (TPSA) is 91.5 Å². The van der Waals surface area contributed by atoms with Gasteiger partial charge in [0.15, 0.2) is 0 Å². The van der Waals surface area contributed by atoms with Crippen LogP contribution in [0.3, 0.4) is 0 Å². The van der Waals surface area contributed by atoms with Crippen LogP contribution in [0.25, 0.3) is 0 Å². The fourth-order valence-corrected chi connectivity index (χ4v) is 2.16. The number of benzene rings is 1. The molecule has 0 fully saturated rings. The molecule has 0 saturated carbocycles. The third kappa shape index (κ3) is 3.69. The molecule has 0 saturated heterocycles. The zero-order valence-electron chi connectivity index (χ0n) is 13.2. The number of aromatic nitrogens is 4. The van der Waals surface area contributed by atoms with Gasteiger partial charge >= 0.3 is 0 Å². The molecule has 9 heteroatoms. The average molecular weight is 341 g/mol. The van der Waals surface area contributed by atoms with Crippen LogP contribution in [0.15, 0.2) is 36.8 Å². The van der Waals surface area contributed by atoms with Gasteiger partial charge in [-0.15, -0.1) is 0 Å². The molecule has 0 aliphatic carbocycles. The number of nitrogens with zero attached hydrogens (tertiary/aromatic N) is 5. The van der Waals surface area contributed by atoms with Crippen LogP contribution in [0, 0.1) is 23.0 Å². The molecule has 0 aliphatic rings. The number of hydrogen-bond acceptors (Lipinski definition) is 6. The summed E-state index contributed by atoms with van der Waals surface area (Å²) >= 11 is 0. The lowest BCUT2D eigenvalue weighted by atomic mass is 10.1. The molecular formula is C16H13F2N7. The van der Waals surface area contributed by atoms with Crippen LogP contribution in [0.1, 0.15) is 11.1 Å². The van der Waals surface area contributed by atoms with Crippen LogP contribution in [-0.2, 0) is 13.6 Å². The van der Waals surface area contributed by atoms with Crippen LogP contribution in [0.4, 0.5) is 26.2 Å². The Labute approximate surface area is 142 Å². The summed E-state index contributed by atoms with van der Waals surface area (Å²) in [5.41, 5.74) is 0.276. The maximum atomic E-state index is 14.0. The molecule has 1 aromatic carbocycles. The number of rotatable bonds is 5. The summed E-state index contributed by atoms with van der Waals surface area (Å²) in [7, 11) is 1.78. The molecule has 126 valence electrons. The van der Waals surface area contributed by atoms with Crippen LogP contribution < -0.4 is 10.6 Å². The first kappa shape index (κ1) is 16.3. The van der Waals surface area contributed by atoms with Crippen LogP contribution >= 0.6 is 0 Å². The standard InChI is InChI=1S/C16H13F2N7/c1-25-9-11(7-22-25)23-16-20-5-4-14(24-16)21-8-12-13(17)3-2-10(6-19)15(12)18/h2-5,7,9H,8H2,1H3,(H2,20,21,23,24). The predicted molar refractivity (Wildman–Crippen MR) is 86.9 cm³/mol. The Morgan fingerprint density at radius 2 is 2.12 bits per heavy atom. The molecule has 0 unspecified atom stereocenters. The minimum atomic E-state index is -0.877. The van der Waals surface area contributed by atoms with E-state index in [0.717, 1.165) is 12.1 Å². The van der Waals surface area contributed by atoms with Crippen molar-refractivity contribution in [3.63, 3.8) is 0 Å². The quantitative estimate of drug-likeness (QED) is 0.741. The van der Waals surface area contributed by atoms with Crippen molar-refractivity contribution in [2.24, 2.45) is 7.05 Å². The van der Waals surface area contributed by atoms with Crippen molar-refractivity contribution < 1.29 is 8.78 Å². The van der Waals surface area contributed by atoms with E-state index in [4.69, 9.17) is 5.26 Å². The van der Waals surface area contributed by atoms with E-state index in [9.17, 15) is 8.78 Å². The molecule has 0 aliphatic heterocycles. The average Bonchev–Trinajstić information content (AvgIpc) is 3.00. The van der Waals surface area contributed by atoms with Gasteiger partial charge in [0.2, 0.25) is 5.95 Å². The van der Waals surface area contributed by atoms with Gasteiger partial charge in [-0.1, -0.05) is 0 Å². The van der Waals surface area contributed by atoms with Crippen molar-refractivity contribution in [3.8, 4) is 6.07 Å². The molecule has 3 rings (SSSR count). The van der Waals surface area contributed by atoms with Gasteiger partial charge in [0.1, 0.15) is 23.5 Å². The summed E-state index contributed by atoms with van der Waals surface area (Å²) in [6.07, 6.45) is 4.87. The second-order valence-corrected chi connectivity index (χ2v) is 5.15. The maximum absolute atomic E-state index is 14.0. The first-order chi connectivity index (χ1) is 12.1. The number of halogens is 2. The monoisotopic (exact) mass is 341 g/mol. The molecule has 0 bridgehead atoms. The zero-order chi connectivity index (χ0) is 17.8. The number of hydrogen-bond donors (Lipinski definition) is 2. The molecule has 0 spiro atoms. The van der Waals surface area contributed by atoms with Crippen LogP contribution in [-0.4, -0.2) is 19.7 Å². The largest absolute Gasteiger partial charge is 0.366 e. The lowest BCUT2D eigenvalue weighted by Crippen LogP contribution is -2.08. The lowest BCUT2D eigenvalue weighted by Gasteiger charge is -2.09. The van der Waals surface area contributed by atoms with Crippen molar-refractivity contribution in [3.05, 3.63) is 59.6 Å². The van der Waals surface area contributed by atoms with E-state index >= 15 is 0 Å². The van der Waals surface area contributed by atoms with Crippen molar-refractivity contribution in [2.45, 2.75) is 6.54 Å². The molecular weight excluding hydrogens is 328 g/mol. The van der Waals surface area contributed by atoms with Crippen molar-refractivity contribution in [1.29, 1.82) is 5.26 Å². The predicted octanol–water partition coefficient (Wildman–Crippen LogP) is 2.72. The van der Waals surface area contributed by atoms with Crippen LogP contribution in [0.5, 0.6) is 0 Å². The van der Waals surface area contributed by atoms with Crippen molar-refractivity contribution >= 4 is 17.5 Å². The summed E-state index contributed by atoms with van der Waals surface area (Å²) in [6, 6.07) is 5.42. The number of nitrogens with one attached hydrogen (secondary N) is 2. The fourth-order valence-electron chi connectivity index (χ4n) is 2.16. The molecule has 2 aromatic heterocycles. The third-order valence-electron chi connectivity index (χ3n) is 3.37. The first-order valence-electron chi connectivity index (χ1n) is 7.26. The van der Waals surface area contributed by atoms with Crippen LogP contribution in [0.2, 0.25) is 0 Å². The Hall–Kier alpha value is -3.54. The summed E-state index contributed by atoms with van der Waals surface area (Å²) in [5.74, 6) is -0.920. The molecule has 2 N–H and O–H groups in total. The minimum Gasteiger partial charge on any atom is -0.366 e. The molecule has 0 amide bonds. The Morgan fingerprint density at radius 3 is 2.84 bits per heavy atom. The smallest absolute Gasteiger partial charge is 0.229 e. The van der Waals surface area contributed by atoms with E-state index in [0.29, 0.717) is 17.5 Å². The molecule has 0 radical (unpaired) electrons. The van der Waals surface area contributed by atoms with E-state index < -0.39 is 11.6 Å². The summed E-state index contributed by atoms with van der Waals surface area (Å²) in [6.45, 7) is -0.156. The molecule has 2 heterocycles. The Balaban J connectivity index is 1.74. The lowest BCUT2D eigenvalue weighted by molar-refractivity contribution is 0.557. The van der Waals surface area contributed by atoms with E-state index in [1.807, 2.05) is 0 Å². The maximum Gasteiger partial charge on any atom is 0.229 e. The number of aryl methyl sites for hydroxylation is 1. The highest BCUT2D eigenvalue weighted by Gasteiger charge is 2.13. The van der Waals surface area contributed by atoms with E-state index in [-0.39, 0.29) is 17.7 Å². The van der Waals surface area contributed by atoms with E-state index in [1.54, 1.807) is 36.3 Å². The van der Waals surface area contributed by atoms with Gasteiger partial charge in [-0.2, -0.15) is 15.3 Å². The third-order valence-corrected chi connectivity index (χ3v) is 3.37. The highest BCUT2D eigenvalue weighted by Crippen LogP contribution is 2.18.